The van der Waals surface area contributed by atoms with Crippen molar-refractivity contribution in [3.63, 3.8) is 0 Å². The summed E-state index contributed by atoms with van der Waals surface area (Å²) in [6.07, 6.45) is 8.58. The molecule has 0 heterocycles. The Bertz CT molecular complexity index is 245. The number of hydrogen-bond acceptors (Lipinski definition) is 1. The molecule has 0 atom stereocenters. The van der Waals surface area contributed by atoms with Crippen LogP contribution in [0.1, 0.15) is 59.8 Å². The molecule has 0 spiro atoms. The van der Waals surface area contributed by atoms with E-state index in [4.69, 9.17) is 0 Å². The van der Waals surface area contributed by atoms with Gasteiger partial charge in [0.15, 0.2) is 0 Å². The van der Waals surface area contributed by atoms with E-state index in [1.165, 1.54) is 25.7 Å². The van der Waals surface area contributed by atoms with Gasteiger partial charge in [-0.2, -0.15) is 0 Å². The smallest absolute Gasteiger partial charge is 0.0397 e. The fraction of sp³-hybridized carbons (Fsp3) is 0.688. The van der Waals surface area contributed by atoms with E-state index in [0.717, 1.165) is 29.7 Å². The van der Waals surface area contributed by atoms with Crippen LogP contribution in [0.15, 0.2) is 29.9 Å². The molecule has 0 saturated heterocycles. The van der Waals surface area contributed by atoms with Crippen molar-refractivity contribution in [2.45, 2.75) is 59.8 Å². The Morgan fingerprint density at radius 1 is 1.18 bits per heavy atom. The Balaban J connectivity index is 0.000000302. The second kappa shape index (κ2) is 9.21. The van der Waals surface area contributed by atoms with Crippen molar-refractivity contribution in [2.75, 3.05) is 0 Å². The van der Waals surface area contributed by atoms with Crippen LogP contribution in [0.4, 0.5) is 0 Å². The second-order valence-corrected chi connectivity index (χ2v) is 5.26. The average Bonchev–Trinajstić information content (AvgIpc) is 2.30. The molecule has 0 amide bonds. The number of nitrogens with zero attached hydrogens (tertiary/aromatic N) is 1. The summed E-state index contributed by atoms with van der Waals surface area (Å²) in [7, 11) is 0. The lowest BCUT2D eigenvalue weighted by atomic mass is 9.84. The Morgan fingerprint density at radius 2 is 1.59 bits per heavy atom. The molecule has 0 unspecified atom stereocenters. The summed E-state index contributed by atoms with van der Waals surface area (Å²) in [5.74, 6) is 2.04. The molecule has 0 aromatic heterocycles. The molecule has 1 nitrogen and oxygen atoms in total. The van der Waals surface area contributed by atoms with Gasteiger partial charge in [0.2, 0.25) is 0 Å². The molecule has 0 N–H and O–H groups in total. The molecule has 0 aliphatic heterocycles. The monoisotopic (exact) mass is 235 g/mol. The molecule has 1 heteroatoms. The van der Waals surface area contributed by atoms with Crippen molar-refractivity contribution in [2.24, 2.45) is 16.8 Å². The van der Waals surface area contributed by atoms with E-state index >= 15 is 0 Å². The minimum Gasteiger partial charge on any atom is -0.259 e. The number of aliphatic imine (C=N–C) groups is 1. The van der Waals surface area contributed by atoms with Crippen LogP contribution in [0.3, 0.4) is 0 Å². The van der Waals surface area contributed by atoms with Crippen LogP contribution < -0.4 is 0 Å². The van der Waals surface area contributed by atoms with Gasteiger partial charge in [-0.25, -0.2) is 0 Å². The first kappa shape index (κ1) is 16.1. The van der Waals surface area contributed by atoms with Gasteiger partial charge in [-0.15, -0.1) is 0 Å². The Kier molecular flexibility index (Phi) is 8.75. The largest absolute Gasteiger partial charge is 0.259 e. The molecule has 0 aromatic rings. The van der Waals surface area contributed by atoms with Crippen molar-refractivity contribution >= 4 is 5.71 Å². The minimum absolute atomic E-state index is 0.840. The molecular formula is C16H29N. The maximum Gasteiger partial charge on any atom is 0.0397 e. The van der Waals surface area contributed by atoms with Gasteiger partial charge in [0.05, 0.1) is 0 Å². The van der Waals surface area contributed by atoms with Crippen molar-refractivity contribution in [3.05, 3.63) is 24.9 Å². The van der Waals surface area contributed by atoms with E-state index in [1.54, 1.807) is 6.08 Å². The van der Waals surface area contributed by atoms with Gasteiger partial charge in [-0.1, -0.05) is 59.6 Å². The van der Waals surface area contributed by atoms with Gasteiger partial charge in [0.25, 0.3) is 0 Å². The first-order valence-corrected chi connectivity index (χ1v) is 6.85. The fourth-order valence-electron chi connectivity index (χ4n) is 1.94. The van der Waals surface area contributed by atoms with Crippen LogP contribution >= 0.6 is 0 Å². The zero-order valence-electron chi connectivity index (χ0n) is 12.1. The summed E-state index contributed by atoms with van der Waals surface area (Å²) in [5.41, 5.74) is 1.84. The van der Waals surface area contributed by atoms with Gasteiger partial charge in [-0.05, 0) is 31.3 Å². The number of hydrogen-bond donors (Lipinski definition) is 0. The minimum atomic E-state index is 0.840. The average molecular weight is 235 g/mol. The molecule has 98 valence electrons. The molecule has 1 fully saturated rings. The van der Waals surface area contributed by atoms with E-state index in [-0.39, 0.29) is 0 Å². The van der Waals surface area contributed by atoms with Gasteiger partial charge < -0.3 is 0 Å². The van der Waals surface area contributed by atoms with Crippen molar-refractivity contribution in [3.8, 4) is 0 Å². The van der Waals surface area contributed by atoms with Gasteiger partial charge in [-0.3, -0.25) is 4.99 Å². The summed E-state index contributed by atoms with van der Waals surface area (Å²) >= 11 is 0. The third-order valence-corrected chi connectivity index (χ3v) is 3.24. The maximum atomic E-state index is 4.12. The molecule has 0 aromatic carbocycles. The van der Waals surface area contributed by atoms with E-state index in [2.05, 4.69) is 32.0 Å². The third kappa shape index (κ3) is 8.91. The molecular weight excluding hydrogens is 206 g/mol. The molecule has 1 rings (SSSR count). The zero-order chi connectivity index (χ0) is 13.3. The number of allylic oxidation sites excluding steroid dienone is 2. The highest BCUT2D eigenvalue weighted by Gasteiger charge is 2.13. The summed E-state index contributed by atoms with van der Waals surface area (Å²) in [6, 6.07) is 0. The lowest BCUT2D eigenvalue weighted by Gasteiger charge is -2.22. The standard InChI is InChI=1S/C8H13N.C8H16/c1-5-8(6-2)9-7(3)4;1-7-3-5-8(2)6-4-7/h5H,1,3,6H2,2,4H3;7-8H,3-6H2,1-2H3. The maximum absolute atomic E-state index is 4.12. The topological polar surface area (TPSA) is 12.4 Å². The van der Waals surface area contributed by atoms with E-state index < -0.39 is 0 Å². The van der Waals surface area contributed by atoms with Crippen LogP contribution in [-0.4, -0.2) is 5.71 Å². The van der Waals surface area contributed by atoms with Gasteiger partial charge in [0, 0.05) is 11.4 Å². The van der Waals surface area contributed by atoms with Crippen LogP contribution in [0, 0.1) is 11.8 Å². The SMILES string of the molecule is C=CC(CC)=NC(=C)C.CC1CCC(C)CC1. The summed E-state index contributed by atoms with van der Waals surface area (Å²) in [6.45, 7) is 15.9. The first-order valence-electron chi connectivity index (χ1n) is 6.85. The zero-order valence-corrected chi connectivity index (χ0v) is 12.1. The molecule has 17 heavy (non-hydrogen) atoms. The van der Waals surface area contributed by atoms with E-state index in [0.29, 0.717) is 0 Å². The summed E-state index contributed by atoms with van der Waals surface area (Å²) in [5, 5.41) is 0. The molecule has 0 radical (unpaired) electrons. The predicted molar refractivity (Wildman–Crippen MR) is 79.5 cm³/mol. The van der Waals surface area contributed by atoms with Crippen LogP contribution in [-0.2, 0) is 0 Å². The normalized spacial score (nSPS) is 24.6. The molecule has 1 aliphatic carbocycles. The van der Waals surface area contributed by atoms with Crippen molar-refractivity contribution in [1.82, 2.24) is 0 Å². The quantitative estimate of drug-likeness (QED) is 0.582. The highest BCUT2D eigenvalue weighted by atomic mass is 14.7. The highest BCUT2D eigenvalue weighted by molar-refractivity contribution is 5.94. The summed E-state index contributed by atoms with van der Waals surface area (Å²) < 4.78 is 0. The third-order valence-electron chi connectivity index (χ3n) is 3.24. The molecule has 0 bridgehead atoms. The molecule has 1 aliphatic rings. The van der Waals surface area contributed by atoms with Crippen LogP contribution in [0.25, 0.3) is 0 Å². The second-order valence-electron chi connectivity index (χ2n) is 5.26. The molecule has 1 saturated carbocycles. The van der Waals surface area contributed by atoms with E-state index in [1.807, 2.05) is 13.8 Å². The first-order chi connectivity index (χ1) is 7.99. The Morgan fingerprint density at radius 3 is 1.76 bits per heavy atom. The van der Waals surface area contributed by atoms with Crippen molar-refractivity contribution < 1.29 is 0 Å². The van der Waals surface area contributed by atoms with Crippen molar-refractivity contribution in [1.29, 1.82) is 0 Å². The predicted octanol–water partition coefficient (Wildman–Crippen LogP) is 5.39. The van der Waals surface area contributed by atoms with Crippen LogP contribution in [0.2, 0.25) is 0 Å². The fourth-order valence-corrected chi connectivity index (χ4v) is 1.94. The Labute approximate surface area is 108 Å². The van der Waals surface area contributed by atoms with Gasteiger partial charge >= 0.3 is 0 Å². The lowest BCUT2D eigenvalue weighted by Crippen LogP contribution is -2.08. The van der Waals surface area contributed by atoms with Gasteiger partial charge in [0.1, 0.15) is 0 Å². The Hall–Kier alpha value is -0.850. The lowest BCUT2D eigenvalue weighted by molar-refractivity contribution is 0.308. The number of rotatable bonds is 3. The van der Waals surface area contributed by atoms with E-state index in [9.17, 15) is 0 Å². The summed E-state index contributed by atoms with van der Waals surface area (Å²) in [4.78, 5) is 4.12. The highest BCUT2D eigenvalue weighted by Crippen LogP contribution is 2.27. The van der Waals surface area contributed by atoms with Crippen LogP contribution in [0.5, 0.6) is 0 Å².